The van der Waals surface area contributed by atoms with Crippen LogP contribution in [0.3, 0.4) is 0 Å². The Balaban J connectivity index is 1.03. The van der Waals surface area contributed by atoms with Crippen LogP contribution in [0, 0.1) is 0 Å². The first-order valence-electron chi connectivity index (χ1n) is 25.9. The van der Waals surface area contributed by atoms with Gasteiger partial charge in [-0.3, -0.25) is 0 Å². The SMILES string of the molecule is c1ccc(-c2ccccc2C2c3ccccc3-c3c(-c4cccc5c(-c6cccc7ccccc67)c6cccc(-c7ccccc7-c7ccccc7C(c7ccccc7)c7ccccc7)c6cc45)cccc32)cc1. The monoisotopic (exact) mass is 938 g/mol. The zero-order chi connectivity index (χ0) is 49.0. The lowest BCUT2D eigenvalue weighted by Gasteiger charge is -2.24. The molecule has 0 N–H and O–H groups in total. The Morgan fingerprint density at radius 3 is 1.34 bits per heavy atom. The predicted molar refractivity (Wildman–Crippen MR) is 313 cm³/mol. The van der Waals surface area contributed by atoms with E-state index < -0.39 is 0 Å². The van der Waals surface area contributed by atoms with Crippen LogP contribution in [-0.2, 0) is 0 Å². The molecule has 1 unspecified atom stereocenters. The lowest BCUT2D eigenvalue weighted by Crippen LogP contribution is -2.05. The van der Waals surface area contributed by atoms with Gasteiger partial charge in [-0.1, -0.05) is 285 Å². The third-order valence-electron chi connectivity index (χ3n) is 15.7. The molecule has 0 aliphatic heterocycles. The average molecular weight is 939 g/mol. The predicted octanol–water partition coefficient (Wildman–Crippen LogP) is 19.8. The van der Waals surface area contributed by atoms with Crippen molar-refractivity contribution in [1.82, 2.24) is 0 Å². The fraction of sp³-hybridized carbons (Fsp3) is 0.0270. The lowest BCUT2D eigenvalue weighted by molar-refractivity contribution is 0.980. The summed E-state index contributed by atoms with van der Waals surface area (Å²) in [5.74, 6) is 0.122. The van der Waals surface area contributed by atoms with Crippen molar-refractivity contribution in [3.63, 3.8) is 0 Å². The van der Waals surface area contributed by atoms with E-state index in [1.807, 2.05) is 0 Å². The highest BCUT2D eigenvalue weighted by atomic mass is 14.4. The van der Waals surface area contributed by atoms with Crippen molar-refractivity contribution in [2.24, 2.45) is 0 Å². The van der Waals surface area contributed by atoms with Crippen molar-refractivity contribution in [2.75, 3.05) is 0 Å². The van der Waals surface area contributed by atoms with Crippen LogP contribution in [0.5, 0.6) is 0 Å². The van der Waals surface area contributed by atoms with Crippen LogP contribution in [0.25, 0.3) is 99.1 Å². The van der Waals surface area contributed by atoms with E-state index in [4.69, 9.17) is 0 Å². The van der Waals surface area contributed by atoms with Crippen LogP contribution in [0.15, 0.2) is 291 Å². The summed E-state index contributed by atoms with van der Waals surface area (Å²) < 4.78 is 0. The fourth-order valence-electron chi connectivity index (χ4n) is 12.6. The van der Waals surface area contributed by atoms with Gasteiger partial charge in [0.15, 0.2) is 0 Å². The summed E-state index contributed by atoms with van der Waals surface area (Å²) in [6.07, 6.45) is 0. The van der Waals surface area contributed by atoms with Crippen LogP contribution < -0.4 is 0 Å². The smallest absolute Gasteiger partial charge is 0.0358 e. The molecule has 0 bridgehead atoms. The molecule has 0 aromatic heterocycles. The van der Waals surface area contributed by atoms with Crippen LogP contribution in [0.4, 0.5) is 0 Å². The second-order valence-corrected chi connectivity index (χ2v) is 19.7. The molecule has 0 fully saturated rings. The largest absolute Gasteiger partial charge is 0.0622 e. The van der Waals surface area contributed by atoms with Gasteiger partial charge in [0.2, 0.25) is 0 Å². The molecule has 1 atom stereocenters. The van der Waals surface area contributed by atoms with Gasteiger partial charge in [0.1, 0.15) is 0 Å². The zero-order valence-electron chi connectivity index (χ0n) is 40.9. The summed E-state index contributed by atoms with van der Waals surface area (Å²) in [4.78, 5) is 0. The molecule has 0 heterocycles. The Morgan fingerprint density at radius 2 is 0.649 bits per heavy atom. The summed E-state index contributed by atoms with van der Waals surface area (Å²) in [6, 6.07) is 108. The minimum atomic E-state index is 0.0442. The third kappa shape index (κ3) is 7.21. The quantitative estimate of drug-likeness (QED) is 0.0999. The maximum absolute atomic E-state index is 2.52. The summed E-state index contributed by atoms with van der Waals surface area (Å²) in [6.45, 7) is 0. The molecule has 0 saturated heterocycles. The summed E-state index contributed by atoms with van der Waals surface area (Å²) in [5.41, 5.74) is 22.8. The van der Waals surface area contributed by atoms with Crippen molar-refractivity contribution < 1.29 is 0 Å². The third-order valence-corrected chi connectivity index (χ3v) is 15.7. The summed E-state index contributed by atoms with van der Waals surface area (Å²) in [5, 5.41) is 7.42. The maximum Gasteiger partial charge on any atom is 0.0358 e. The number of benzene rings is 13. The van der Waals surface area contributed by atoms with Crippen LogP contribution in [0.1, 0.15) is 45.2 Å². The van der Waals surface area contributed by atoms with Crippen LogP contribution in [-0.4, -0.2) is 0 Å². The van der Waals surface area contributed by atoms with Crippen molar-refractivity contribution in [3.8, 4) is 66.8 Å². The van der Waals surface area contributed by atoms with Crippen molar-refractivity contribution >= 4 is 32.3 Å². The molecule has 13 aromatic carbocycles. The highest BCUT2D eigenvalue weighted by molar-refractivity contribution is 6.22. The van der Waals surface area contributed by atoms with Crippen molar-refractivity contribution in [3.05, 3.63) is 325 Å². The van der Waals surface area contributed by atoms with Crippen LogP contribution >= 0.6 is 0 Å². The second kappa shape index (κ2) is 18.4. The molecule has 0 saturated carbocycles. The fourth-order valence-corrected chi connectivity index (χ4v) is 12.6. The highest BCUT2D eigenvalue weighted by Gasteiger charge is 2.34. The van der Waals surface area contributed by atoms with E-state index in [2.05, 4.69) is 291 Å². The van der Waals surface area contributed by atoms with Gasteiger partial charge in [0.25, 0.3) is 0 Å². The van der Waals surface area contributed by atoms with E-state index >= 15 is 0 Å². The molecule has 0 heteroatoms. The van der Waals surface area contributed by atoms with Gasteiger partial charge in [-0.2, -0.15) is 0 Å². The molecule has 0 spiro atoms. The number of hydrogen-bond donors (Lipinski definition) is 0. The van der Waals surface area contributed by atoms with Gasteiger partial charge in [0, 0.05) is 11.8 Å². The first-order chi connectivity index (χ1) is 36.8. The first-order valence-corrected chi connectivity index (χ1v) is 25.9. The Morgan fingerprint density at radius 1 is 0.230 bits per heavy atom. The Bertz CT molecular complexity index is 4200. The normalized spacial score (nSPS) is 12.9. The minimum absolute atomic E-state index is 0.0442. The van der Waals surface area contributed by atoms with Crippen molar-refractivity contribution in [2.45, 2.75) is 11.8 Å². The minimum Gasteiger partial charge on any atom is -0.0622 e. The van der Waals surface area contributed by atoms with Gasteiger partial charge < -0.3 is 0 Å². The Kier molecular flexibility index (Phi) is 10.8. The second-order valence-electron chi connectivity index (χ2n) is 19.7. The van der Waals surface area contributed by atoms with E-state index in [9.17, 15) is 0 Å². The number of rotatable bonds is 9. The van der Waals surface area contributed by atoms with Gasteiger partial charge in [-0.05, 0) is 139 Å². The zero-order valence-corrected chi connectivity index (χ0v) is 40.9. The number of fused-ring (bicyclic) bond motifs is 6. The number of hydrogen-bond acceptors (Lipinski definition) is 0. The standard InChI is InChI=1S/C74H50/c1-4-24-49(25-5-1)53-33-12-16-37-60(53)73-64-39-18-19-40-65(64)74-63(44-23-47-68(73)74)59-42-22-46-67-70(59)48-69-58(41-21-45-66(69)72(67)61-43-20-31-50-26-10-11-32-54(50)61)56-35-14-13-34-55(56)57-36-15-17-38-62(57)71(51-27-6-2-7-28-51)52-29-8-3-9-30-52/h1-48,71,73H. The van der Waals surface area contributed by atoms with E-state index in [0.29, 0.717) is 0 Å². The average Bonchev–Trinajstić information content (AvgIpc) is 3.83. The van der Waals surface area contributed by atoms with Gasteiger partial charge in [0.05, 0.1) is 0 Å². The van der Waals surface area contributed by atoms with E-state index in [0.717, 1.165) is 0 Å². The molecule has 1 aliphatic carbocycles. The van der Waals surface area contributed by atoms with E-state index in [1.165, 1.54) is 132 Å². The van der Waals surface area contributed by atoms with E-state index in [-0.39, 0.29) is 11.8 Å². The summed E-state index contributed by atoms with van der Waals surface area (Å²) >= 11 is 0. The molecule has 14 rings (SSSR count). The van der Waals surface area contributed by atoms with Crippen molar-refractivity contribution in [1.29, 1.82) is 0 Å². The summed E-state index contributed by atoms with van der Waals surface area (Å²) in [7, 11) is 0. The molecule has 74 heavy (non-hydrogen) atoms. The molecular formula is C74H50. The molecular weight excluding hydrogens is 889 g/mol. The Labute approximate surface area is 433 Å². The van der Waals surface area contributed by atoms with E-state index in [1.54, 1.807) is 0 Å². The van der Waals surface area contributed by atoms with Gasteiger partial charge >= 0.3 is 0 Å². The maximum atomic E-state index is 2.52. The molecule has 1 aliphatic rings. The van der Waals surface area contributed by atoms with Gasteiger partial charge in [-0.25, -0.2) is 0 Å². The molecule has 0 radical (unpaired) electrons. The first kappa shape index (κ1) is 43.4. The molecule has 0 amide bonds. The lowest BCUT2D eigenvalue weighted by atomic mass is 9.79. The van der Waals surface area contributed by atoms with Crippen LogP contribution in [0.2, 0.25) is 0 Å². The molecule has 13 aromatic rings. The molecule has 346 valence electrons. The topological polar surface area (TPSA) is 0 Å². The highest BCUT2D eigenvalue weighted by Crippen LogP contribution is 2.55. The Hall–Kier alpha value is -9.36. The van der Waals surface area contributed by atoms with Gasteiger partial charge in [-0.15, -0.1) is 0 Å². The molecule has 0 nitrogen and oxygen atoms in total.